The van der Waals surface area contributed by atoms with Crippen molar-refractivity contribution in [1.82, 2.24) is 0 Å². The summed E-state index contributed by atoms with van der Waals surface area (Å²) in [6.45, 7) is 17.5. The van der Waals surface area contributed by atoms with Crippen molar-refractivity contribution in [3.63, 3.8) is 0 Å². The highest BCUT2D eigenvalue weighted by atomic mass is 32.2. The lowest BCUT2D eigenvalue weighted by atomic mass is 9.95. The Morgan fingerprint density at radius 2 is 1.76 bits per heavy atom. The first-order chi connectivity index (χ1) is 9.47. The molecule has 0 bridgehead atoms. The van der Waals surface area contributed by atoms with Gasteiger partial charge in [0.2, 0.25) is 0 Å². The van der Waals surface area contributed by atoms with E-state index in [-0.39, 0.29) is 23.0 Å². The van der Waals surface area contributed by atoms with Crippen molar-refractivity contribution >= 4 is 26.0 Å². The zero-order chi connectivity index (χ0) is 16.8. The highest BCUT2D eigenvalue weighted by Gasteiger charge is 2.43. The molecule has 0 fully saturated rings. The molecule has 0 radical (unpaired) electrons. The van der Waals surface area contributed by atoms with Crippen LogP contribution in [0.2, 0.25) is 18.1 Å². The topological polar surface area (TPSA) is 35.5 Å². The molecule has 0 aliphatic heterocycles. The Bertz CT molecular complexity index is 324. The fraction of sp³-hybridized carbons (Fsp3) is 0.938. The van der Waals surface area contributed by atoms with E-state index in [2.05, 4.69) is 54.6 Å². The van der Waals surface area contributed by atoms with Crippen LogP contribution in [0.1, 0.15) is 41.5 Å². The maximum atomic E-state index is 12.2. The molecule has 126 valence electrons. The average molecular weight is 335 g/mol. The molecule has 0 saturated carbocycles. The number of esters is 1. The number of carbonyl (C=O) groups is 1. The quantitative estimate of drug-likeness (QED) is 0.481. The van der Waals surface area contributed by atoms with Gasteiger partial charge in [0.15, 0.2) is 8.32 Å². The van der Waals surface area contributed by atoms with Crippen LogP contribution >= 0.6 is 11.8 Å². The van der Waals surface area contributed by atoms with E-state index in [1.807, 2.05) is 0 Å². The van der Waals surface area contributed by atoms with Crippen molar-refractivity contribution < 1.29 is 14.0 Å². The van der Waals surface area contributed by atoms with E-state index in [1.165, 1.54) is 7.11 Å². The summed E-state index contributed by atoms with van der Waals surface area (Å²) in [6.07, 6.45) is -0.0719. The standard InChI is InChI=1S/C16H34O3SSi/c1-10-20-11-13(15(17)18-7)14(12(2)3)19-21(8,9)16(4,5)6/h12-14H,10-11H2,1-9H3/t13-,14+/m0/s1. The number of thioether (sulfide) groups is 1. The first-order valence-electron chi connectivity index (χ1n) is 7.81. The Morgan fingerprint density at radius 3 is 2.10 bits per heavy atom. The van der Waals surface area contributed by atoms with E-state index in [0.717, 1.165) is 11.5 Å². The van der Waals surface area contributed by atoms with Crippen molar-refractivity contribution in [1.29, 1.82) is 0 Å². The van der Waals surface area contributed by atoms with Crippen LogP contribution in [0.5, 0.6) is 0 Å². The van der Waals surface area contributed by atoms with Gasteiger partial charge in [-0.15, -0.1) is 0 Å². The SMILES string of the molecule is CCSC[C@H](C(=O)OC)[C@H](O[Si](C)(C)C(C)(C)C)C(C)C. The molecule has 0 heterocycles. The minimum absolute atomic E-state index is 0.0719. The van der Waals surface area contributed by atoms with Crippen LogP contribution in [0.15, 0.2) is 0 Å². The van der Waals surface area contributed by atoms with Crippen molar-refractivity contribution in [2.45, 2.75) is 65.8 Å². The fourth-order valence-corrected chi connectivity index (χ4v) is 4.18. The summed E-state index contributed by atoms with van der Waals surface area (Å²) >= 11 is 1.77. The largest absolute Gasteiger partial charge is 0.469 e. The number of carbonyl (C=O) groups excluding carboxylic acids is 1. The van der Waals surface area contributed by atoms with Crippen LogP contribution in [0.4, 0.5) is 0 Å². The third kappa shape index (κ3) is 6.33. The summed E-state index contributed by atoms with van der Waals surface area (Å²) in [7, 11) is -0.440. The maximum absolute atomic E-state index is 12.2. The minimum atomic E-state index is -1.91. The van der Waals surface area contributed by atoms with Gasteiger partial charge >= 0.3 is 5.97 Å². The van der Waals surface area contributed by atoms with Gasteiger partial charge in [0, 0.05) is 5.75 Å². The van der Waals surface area contributed by atoms with Gasteiger partial charge in [-0.1, -0.05) is 41.5 Å². The van der Waals surface area contributed by atoms with E-state index in [0.29, 0.717) is 5.92 Å². The molecule has 0 rings (SSSR count). The molecule has 0 aliphatic carbocycles. The summed E-state index contributed by atoms with van der Waals surface area (Å²) in [6, 6.07) is 0. The van der Waals surface area contributed by atoms with E-state index >= 15 is 0 Å². The number of ether oxygens (including phenoxy) is 1. The summed E-state index contributed by atoms with van der Waals surface area (Å²) in [5, 5.41) is 0.138. The molecule has 0 aliphatic rings. The molecule has 0 aromatic rings. The summed E-state index contributed by atoms with van der Waals surface area (Å²) in [5.74, 6) is 1.72. The molecule has 0 spiro atoms. The van der Waals surface area contributed by atoms with Crippen molar-refractivity contribution in [3.8, 4) is 0 Å². The molecule has 3 nitrogen and oxygen atoms in total. The normalized spacial score (nSPS) is 15.9. The van der Waals surface area contributed by atoms with Gasteiger partial charge in [-0.3, -0.25) is 4.79 Å². The van der Waals surface area contributed by atoms with E-state index in [4.69, 9.17) is 9.16 Å². The second-order valence-corrected chi connectivity index (χ2v) is 13.5. The Labute approximate surface area is 136 Å². The van der Waals surface area contributed by atoms with E-state index < -0.39 is 8.32 Å². The monoisotopic (exact) mass is 334 g/mol. The first-order valence-corrected chi connectivity index (χ1v) is 11.9. The van der Waals surface area contributed by atoms with Crippen LogP contribution in [0.25, 0.3) is 0 Å². The predicted octanol–water partition coefficient (Wildman–Crippen LogP) is 4.58. The second kappa shape index (κ2) is 8.58. The second-order valence-electron chi connectivity index (χ2n) is 7.38. The van der Waals surface area contributed by atoms with Crippen LogP contribution in [0, 0.1) is 11.8 Å². The highest BCUT2D eigenvalue weighted by Crippen LogP contribution is 2.39. The lowest BCUT2D eigenvalue weighted by molar-refractivity contribution is -0.148. The molecule has 0 aromatic carbocycles. The van der Waals surface area contributed by atoms with Crippen LogP contribution in [0.3, 0.4) is 0 Å². The zero-order valence-corrected chi connectivity index (χ0v) is 17.1. The van der Waals surface area contributed by atoms with Crippen LogP contribution in [-0.2, 0) is 14.0 Å². The highest BCUT2D eigenvalue weighted by molar-refractivity contribution is 7.99. The summed E-state index contributed by atoms with van der Waals surface area (Å²) < 4.78 is 11.6. The smallest absolute Gasteiger partial charge is 0.312 e. The van der Waals surface area contributed by atoms with Crippen LogP contribution in [-0.4, -0.2) is 39.0 Å². The molecule has 0 saturated heterocycles. The number of hydrogen-bond acceptors (Lipinski definition) is 4. The van der Waals surface area contributed by atoms with Gasteiger partial charge in [-0.2, -0.15) is 11.8 Å². The Hall–Kier alpha value is -0.00312. The Balaban J connectivity index is 5.28. The van der Waals surface area contributed by atoms with Gasteiger partial charge in [0.1, 0.15) is 0 Å². The van der Waals surface area contributed by atoms with Gasteiger partial charge in [0.05, 0.1) is 19.1 Å². The maximum Gasteiger partial charge on any atom is 0.312 e. The molecular weight excluding hydrogens is 300 g/mol. The fourth-order valence-electron chi connectivity index (χ4n) is 1.89. The van der Waals surface area contributed by atoms with Gasteiger partial charge in [0.25, 0.3) is 0 Å². The molecule has 0 amide bonds. The van der Waals surface area contributed by atoms with Gasteiger partial charge < -0.3 is 9.16 Å². The molecule has 0 aromatic heterocycles. The van der Waals surface area contributed by atoms with Gasteiger partial charge in [-0.25, -0.2) is 0 Å². The molecule has 2 atom stereocenters. The van der Waals surface area contributed by atoms with Crippen molar-refractivity contribution in [3.05, 3.63) is 0 Å². The predicted molar refractivity (Wildman–Crippen MR) is 95.4 cm³/mol. The Morgan fingerprint density at radius 1 is 1.24 bits per heavy atom. The number of rotatable bonds is 8. The van der Waals surface area contributed by atoms with Crippen LogP contribution < -0.4 is 0 Å². The van der Waals surface area contributed by atoms with Crippen molar-refractivity contribution in [2.75, 3.05) is 18.6 Å². The van der Waals surface area contributed by atoms with E-state index in [9.17, 15) is 4.79 Å². The molecule has 0 unspecified atom stereocenters. The third-order valence-corrected chi connectivity index (χ3v) is 9.77. The number of hydrogen-bond donors (Lipinski definition) is 0. The average Bonchev–Trinajstić information content (AvgIpc) is 2.35. The third-order valence-electron chi connectivity index (χ3n) is 4.30. The summed E-state index contributed by atoms with van der Waals surface area (Å²) in [4.78, 5) is 12.2. The molecule has 5 heteroatoms. The van der Waals surface area contributed by atoms with Gasteiger partial charge in [-0.05, 0) is 29.8 Å². The van der Waals surface area contributed by atoms with E-state index in [1.54, 1.807) is 11.8 Å². The minimum Gasteiger partial charge on any atom is -0.469 e. The Kier molecular flexibility index (Phi) is 8.58. The lowest BCUT2D eigenvalue weighted by Gasteiger charge is -2.42. The lowest BCUT2D eigenvalue weighted by Crippen LogP contribution is -2.49. The number of methoxy groups -OCH3 is 1. The first kappa shape index (κ1) is 21.0. The molecule has 21 heavy (non-hydrogen) atoms. The summed E-state index contributed by atoms with van der Waals surface area (Å²) in [5.41, 5.74) is 0. The molecule has 0 N–H and O–H groups in total. The zero-order valence-electron chi connectivity index (χ0n) is 15.3. The molecular formula is C16H34O3SSi. The van der Waals surface area contributed by atoms with Crippen molar-refractivity contribution in [2.24, 2.45) is 11.8 Å².